The van der Waals surface area contributed by atoms with Crippen LogP contribution in [-0.4, -0.2) is 34.3 Å². The Morgan fingerprint density at radius 2 is 2.27 bits per heavy atom. The lowest BCUT2D eigenvalue weighted by atomic mass is 10.1. The fraction of sp³-hybridized carbons (Fsp3) is 0.625. The minimum atomic E-state index is -0.593. The second-order valence-corrected chi connectivity index (χ2v) is 3.68. The van der Waals surface area contributed by atoms with Gasteiger partial charge in [0.1, 0.15) is 0 Å². The average Bonchev–Trinajstić information content (AvgIpc) is 2.17. The Morgan fingerprint density at radius 1 is 1.47 bits per heavy atom. The molecule has 82 valence electrons. The van der Waals surface area contributed by atoms with Crippen LogP contribution in [0.1, 0.15) is 12.8 Å². The molecule has 7 heteroatoms. The Hall–Kier alpha value is -1.63. The van der Waals surface area contributed by atoms with Crippen LogP contribution in [0.4, 0.5) is 5.82 Å². The zero-order chi connectivity index (χ0) is 10.8. The fourth-order valence-corrected chi connectivity index (χ4v) is 1.76. The zero-order valence-electron chi connectivity index (χ0n) is 8.19. The summed E-state index contributed by atoms with van der Waals surface area (Å²) in [5.74, 6) is 0.241. The molecular formula is C8H13N5O2. The number of nitrogens with zero attached hydrogens (tertiary/aromatic N) is 2. The van der Waals surface area contributed by atoms with Gasteiger partial charge in [0.15, 0.2) is 0 Å². The van der Waals surface area contributed by atoms with E-state index in [2.05, 4.69) is 15.2 Å². The molecule has 0 unspecified atom stereocenters. The quantitative estimate of drug-likeness (QED) is 0.517. The van der Waals surface area contributed by atoms with Gasteiger partial charge in [0, 0.05) is 19.1 Å². The Kier molecular flexibility index (Phi) is 2.55. The van der Waals surface area contributed by atoms with Gasteiger partial charge in [-0.1, -0.05) is 0 Å². The SMILES string of the molecule is N[C@@H]1CCCN(c2n[nH]c(=O)[nH]c2=O)C1. The molecule has 1 saturated heterocycles. The first kappa shape index (κ1) is 9.91. The van der Waals surface area contributed by atoms with Crippen molar-refractivity contribution in [2.45, 2.75) is 18.9 Å². The van der Waals surface area contributed by atoms with Crippen molar-refractivity contribution in [3.8, 4) is 0 Å². The highest BCUT2D eigenvalue weighted by molar-refractivity contribution is 5.34. The molecule has 7 nitrogen and oxygen atoms in total. The van der Waals surface area contributed by atoms with Crippen LogP contribution in [0, 0.1) is 0 Å². The van der Waals surface area contributed by atoms with Gasteiger partial charge in [0.2, 0.25) is 5.82 Å². The highest BCUT2D eigenvalue weighted by atomic mass is 16.2. The van der Waals surface area contributed by atoms with Gasteiger partial charge in [-0.05, 0) is 12.8 Å². The fourth-order valence-electron chi connectivity index (χ4n) is 1.76. The Balaban J connectivity index is 2.29. The lowest BCUT2D eigenvalue weighted by Gasteiger charge is -2.30. The molecule has 4 N–H and O–H groups in total. The summed E-state index contributed by atoms with van der Waals surface area (Å²) in [6.45, 7) is 1.35. The van der Waals surface area contributed by atoms with E-state index in [1.165, 1.54) is 0 Å². The van der Waals surface area contributed by atoms with Gasteiger partial charge >= 0.3 is 5.69 Å². The molecule has 0 spiro atoms. The second kappa shape index (κ2) is 3.85. The van der Waals surface area contributed by atoms with Crippen LogP contribution in [-0.2, 0) is 0 Å². The van der Waals surface area contributed by atoms with Gasteiger partial charge in [0.25, 0.3) is 5.56 Å². The summed E-state index contributed by atoms with van der Waals surface area (Å²) in [5, 5.41) is 5.93. The van der Waals surface area contributed by atoms with Crippen LogP contribution >= 0.6 is 0 Å². The summed E-state index contributed by atoms with van der Waals surface area (Å²) in [5.41, 5.74) is 4.73. The molecule has 1 fully saturated rings. The van der Waals surface area contributed by atoms with E-state index >= 15 is 0 Å². The Bertz CT molecular complexity index is 451. The van der Waals surface area contributed by atoms with Crippen molar-refractivity contribution in [2.24, 2.45) is 5.73 Å². The third kappa shape index (κ3) is 2.07. The molecule has 0 amide bonds. The topological polar surface area (TPSA) is 108 Å². The molecular weight excluding hydrogens is 198 g/mol. The smallest absolute Gasteiger partial charge is 0.342 e. The first-order chi connectivity index (χ1) is 7.16. The largest absolute Gasteiger partial charge is 0.349 e. The summed E-state index contributed by atoms with van der Waals surface area (Å²) in [7, 11) is 0. The number of rotatable bonds is 1. The summed E-state index contributed by atoms with van der Waals surface area (Å²) in [6, 6.07) is 0.0619. The predicted molar refractivity (Wildman–Crippen MR) is 54.9 cm³/mol. The number of H-pyrrole nitrogens is 2. The van der Waals surface area contributed by atoms with Crippen LogP contribution < -0.4 is 21.9 Å². The number of nitrogens with two attached hydrogens (primary N) is 1. The second-order valence-electron chi connectivity index (χ2n) is 3.68. The van der Waals surface area contributed by atoms with E-state index in [1.807, 2.05) is 0 Å². The highest BCUT2D eigenvalue weighted by Gasteiger charge is 2.20. The van der Waals surface area contributed by atoms with Crippen molar-refractivity contribution in [1.82, 2.24) is 15.2 Å². The maximum absolute atomic E-state index is 11.4. The lowest BCUT2D eigenvalue weighted by Crippen LogP contribution is -2.46. The van der Waals surface area contributed by atoms with E-state index in [1.54, 1.807) is 4.90 Å². The maximum atomic E-state index is 11.4. The number of hydrogen-bond donors (Lipinski definition) is 3. The first-order valence-electron chi connectivity index (χ1n) is 4.86. The van der Waals surface area contributed by atoms with Crippen LogP contribution in [0.15, 0.2) is 9.59 Å². The molecule has 1 aromatic rings. The molecule has 0 radical (unpaired) electrons. The molecule has 15 heavy (non-hydrogen) atoms. The summed E-state index contributed by atoms with van der Waals surface area (Å²) in [6.07, 6.45) is 1.89. The van der Waals surface area contributed by atoms with Crippen LogP contribution in [0.2, 0.25) is 0 Å². The third-order valence-corrected chi connectivity index (χ3v) is 2.45. The van der Waals surface area contributed by atoms with Crippen molar-refractivity contribution in [1.29, 1.82) is 0 Å². The number of nitrogens with one attached hydrogen (secondary N) is 2. The molecule has 2 heterocycles. The van der Waals surface area contributed by atoms with Gasteiger partial charge in [-0.15, -0.1) is 5.10 Å². The van der Waals surface area contributed by atoms with Crippen LogP contribution in [0.3, 0.4) is 0 Å². The van der Waals surface area contributed by atoms with Crippen molar-refractivity contribution in [3.05, 3.63) is 20.8 Å². The minimum Gasteiger partial charge on any atom is -0.349 e. The average molecular weight is 211 g/mol. The molecule has 0 aromatic carbocycles. The maximum Gasteiger partial charge on any atom is 0.342 e. The van der Waals surface area contributed by atoms with Crippen molar-refractivity contribution >= 4 is 5.82 Å². The molecule has 1 aliphatic rings. The van der Waals surface area contributed by atoms with Gasteiger partial charge in [0.05, 0.1) is 0 Å². The summed E-state index contributed by atoms with van der Waals surface area (Å²) in [4.78, 5) is 26.1. The number of aromatic nitrogens is 3. The number of anilines is 1. The molecule has 1 atom stereocenters. The van der Waals surface area contributed by atoms with Gasteiger partial charge < -0.3 is 10.6 Å². The van der Waals surface area contributed by atoms with Crippen molar-refractivity contribution < 1.29 is 0 Å². The molecule has 1 aromatic heterocycles. The van der Waals surface area contributed by atoms with E-state index < -0.39 is 11.2 Å². The molecule has 2 rings (SSSR count). The van der Waals surface area contributed by atoms with E-state index in [9.17, 15) is 9.59 Å². The standard InChI is InChI=1S/C8H13N5O2/c9-5-2-1-3-13(4-5)6-7(14)10-8(15)12-11-6/h5H,1-4,9H2,(H2,10,12,14,15)/t5-/m1/s1. The van der Waals surface area contributed by atoms with Crippen LogP contribution in [0.5, 0.6) is 0 Å². The summed E-state index contributed by atoms with van der Waals surface area (Å²) >= 11 is 0. The highest BCUT2D eigenvalue weighted by Crippen LogP contribution is 2.11. The third-order valence-electron chi connectivity index (χ3n) is 2.45. The number of hydrogen-bond acceptors (Lipinski definition) is 5. The minimum absolute atomic E-state index is 0.0619. The lowest BCUT2D eigenvalue weighted by molar-refractivity contribution is 0.499. The monoisotopic (exact) mass is 211 g/mol. The normalized spacial score (nSPS) is 21.7. The van der Waals surface area contributed by atoms with E-state index in [-0.39, 0.29) is 11.9 Å². The molecule has 0 saturated carbocycles. The van der Waals surface area contributed by atoms with Gasteiger partial charge in [-0.25, -0.2) is 9.89 Å². The van der Waals surface area contributed by atoms with E-state index in [0.717, 1.165) is 19.4 Å². The molecule has 0 bridgehead atoms. The Morgan fingerprint density at radius 3 is 2.93 bits per heavy atom. The van der Waals surface area contributed by atoms with Crippen molar-refractivity contribution in [2.75, 3.05) is 18.0 Å². The van der Waals surface area contributed by atoms with E-state index in [0.29, 0.717) is 6.54 Å². The van der Waals surface area contributed by atoms with Gasteiger partial charge in [-0.3, -0.25) is 9.78 Å². The number of aromatic amines is 2. The predicted octanol–water partition coefficient (Wildman–Crippen LogP) is -1.61. The summed E-state index contributed by atoms with van der Waals surface area (Å²) < 4.78 is 0. The first-order valence-corrected chi connectivity index (χ1v) is 4.86. The molecule has 0 aliphatic carbocycles. The zero-order valence-corrected chi connectivity index (χ0v) is 8.19. The Labute approximate surface area is 85.3 Å². The van der Waals surface area contributed by atoms with Crippen LogP contribution in [0.25, 0.3) is 0 Å². The van der Waals surface area contributed by atoms with E-state index in [4.69, 9.17) is 5.73 Å². The van der Waals surface area contributed by atoms with Gasteiger partial charge in [-0.2, -0.15) is 0 Å². The number of piperidine rings is 1. The molecule has 1 aliphatic heterocycles. The van der Waals surface area contributed by atoms with Crippen molar-refractivity contribution in [3.63, 3.8) is 0 Å².